The Morgan fingerprint density at radius 1 is 1.33 bits per heavy atom. The van der Waals surface area contributed by atoms with Gasteiger partial charge in [-0.2, -0.15) is 0 Å². The Balaban J connectivity index is 1.66. The maximum Gasteiger partial charge on any atom is 0.255 e. The lowest BCUT2D eigenvalue weighted by molar-refractivity contribution is 0.0933. The first-order valence-electron chi connectivity index (χ1n) is 8.33. The van der Waals surface area contributed by atoms with Crippen LogP contribution in [0.15, 0.2) is 36.7 Å². The number of aromatic nitrogens is 3. The number of amides is 1. The second kappa shape index (κ2) is 5.74. The van der Waals surface area contributed by atoms with Gasteiger partial charge in [-0.15, -0.1) is 0 Å². The Labute approximate surface area is 140 Å². The molecule has 3 heterocycles. The molecule has 0 bridgehead atoms. The number of hydrogen-bond donors (Lipinski definition) is 1. The molecule has 1 amide bonds. The van der Waals surface area contributed by atoms with Crippen molar-refractivity contribution in [3.63, 3.8) is 0 Å². The molecular formula is C19H20N4O. The molecule has 5 nitrogen and oxygen atoms in total. The van der Waals surface area contributed by atoms with E-state index in [0.717, 1.165) is 36.3 Å². The summed E-state index contributed by atoms with van der Waals surface area (Å²) in [6.45, 7) is 3.97. The summed E-state index contributed by atoms with van der Waals surface area (Å²) in [5.74, 6) is -0.0847. The van der Waals surface area contributed by atoms with Crippen LogP contribution < -0.4 is 5.32 Å². The predicted molar refractivity (Wildman–Crippen MR) is 92.0 cm³/mol. The molecule has 0 saturated carbocycles. The fourth-order valence-corrected chi connectivity index (χ4v) is 3.56. The zero-order chi connectivity index (χ0) is 16.7. The molecule has 0 fully saturated rings. The summed E-state index contributed by atoms with van der Waals surface area (Å²) in [4.78, 5) is 21.9. The second-order valence-corrected chi connectivity index (χ2v) is 6.43. The molecule has 0 saturated heterocycles. The summed E-state index contributed by atoms with van der Waals surface area (Å²) in [5.41, 5.74) is 5.55. The molecule has 122 valence electrons. The van der Waals surface area contributed by atoms with Crippen molar-refractivity contribution in [2.45, 2.75) is 39.2 Å². The van der Waals surface area contributed by atoms with Crippen molar-refractivity contribution < 1.29 is 4.79 Å². The van der Waals surface area contributed by atoms with Crippen molar-refractivity contribution in [3.8, 4) is 0 Å². The first-order chi connectivity index (χ1) is 11.6. The molecule has 0 aromatic carbocycles. The average Bonchev–Trinajstić information content (AvgIpc) is 2.99. The summed E-state index contributed by atoms with van der Waals surface area (Å²) in [6, 6.07) is 7.88. The van der Waals surface area contributed by atoms with Crippen molar-refractivity contribution in [3.05, 3.63) is 64.9 Å². The molecule has 1 N–H and O–H groups in total. The van der Waals surface area contributed by atoms with E-state index < -0.39 is 0 Å². The van der Waals surface area contributed by atoms with Gasteiger partial charge in [-0.1, -0.05) is 6.07 Å². The zero-order valence-electron chi connectivity index (χ0n) is 13.9. The van der Waals surface area contributed by atoms with Gasteiger partial charge in [0.2, 0.25) is 0 Å². The highest BCUT2D eigenvalue weighted by atomic mass is 16.1. The maximum absolute atomic E-state index is 12.8. The van der Waals surface area contributed by atoms with Crippen LogP contribution in [0, 0.1) is 13.8 Å². The molecule has 1 aliphatic carbocycles. The number of carbonyl (C=O) groups excluding carboxylic acids is 1. The first-order valence-corrected chi connectivity index (χ1v) is 8.33. The molecule has 3 aromatic rings. The monoisotopic (exact) mass is 320 g/mol. The summed E-state index contributed by atoms with van der Waals surface area (Å²) in [5, 5.41) is 3.15. The molecule has 5 heteroatoms. The number of pyridine rings is 1. The van der Waals surface area contributed by atoms with Crippen LogP contribution in [0.3, 0.4) is 0 Å². The van der Waals surface area contributed by atoms with Crippen molar-refractivity contribution in [1.29, 1.82) is 0 Å². The average molecular weight is 320 g/mol. The van der Waals surface area contributed by atoms with Crippen LogP contribution in [0.25, 0.3) is 5.65 Å². The summed E-state index contributed by atoms with van der Waals surface area (Å²) < 4.78 is 1.95. The molecule has 4 rings (SSSR count). The van der Waals surface area contributed by atoms with Crippen molar-refractivity contribution in [2.24, 2.45) is 0 Å². The third kappa shape index (κ3) is 2.46. The smallest absolute Gasteiger partial charge is 0.255 e. The Bertz CT molecular complexity index is 928. The van der Waals surface area contributed by atoms with Crippen LogP contribution in [-0.2, 0) is 6.42 Å². The van der Waals surface area contributed by atoms with Gasteiger partial charge < -0.3 is 9.72 Å². The van der Waals surface area contributed by atoms with Crippen molar-refractivity contribution >= 4 is 11.6 Å². The largest absolute Gasteiger partial charge is 0.344 e. The van der Waals surface area contributed by atoms with Crippen LogP contribution >= 0.6 is 0 Å². The summed E-state index contributed by atoms with van der Waals surface area (Å²) in [7, 11) is 0. The van der Waals surface area contributed by atoms with Crippen LogP contribution in [0.5, 0.6) is 0 Å². The zero-order valence-corrected chi connectivity index (χ0v) is 13.9. The molecule has 0 aliphatic heterocycles. The topological polar surface area (TPSA) is 59.3 Å². The number of nitrogens with one attached hydrogen (secondary N) is 1. The Kier molecular flexibility index (Phi) is 3.56. The molecule has 1 aliphatic rings. The summed E-state index contributed by atoms with van der Waals surface area (Å²) >= 11 is 0. The van der Waals surface area contributed by atoms with E-state index in [-0.39, 0.29) is 11.9 Å². The minimum atomic E-state index is -0.0847. The van der Waals surface area contributed by atoms with Gasteiger partial charge >= 0.3 is 0 Å². The lowest BCUT2D eigenvalue weighted by atomic mass is 9.92. The molecule has 0 spiro atoms. The third-order valence-electron chi connectivity index (χ3n) is 4.68. The van der Waals surface area contributed by atoms with E-state index in [2.05, 4.69) is 21.4 Å². The predicted octanol–water partition coefficient (Wildman–Crippen LogP) is 3.15. The number of rotatable bonds is 2. The molecule has 24 heavy (non-hydrogen) atoms. The van der Waals surface area contributed by atoms with E-state index in [1.165, 1.54) is 5.56 Å². The maximum atomic E-state index is 12.8. The van der Waals surface area contributed by atoms with Gasteiger partial charge in [0, 0.05) is 23.8 Å². The Hall–Kier alpha value is -2.69. The van der Waals surface area contributed by atoms with Crippen LogP contribution in [0.2, 0.25) is 0 Å². The molecular weight excluding hydrogens is 300 g/mol. The third-order valence-corrected chi connectivity index (χ3v) is 4.68. The molecule has 3 aromatic heterocycles. The second-order valence-electron chi connectivity index (χ2n) is 6.43. The van der Waals surface area contributed by atoms with Gasteiger partial charge in [-0.05, 0) is 56.9 Å². The normalized spacial score (nSPS) is 16.8. The van der Waals surface area contributed by atoms with E-state index in [0.29, 0.717) is 11.2 Å². The first kappa shape index (κ1) is 14.9. The lowest BCUT2D eigenvalue weighted by Crippen LogP contribution is -2.31. The lowest BCUT2D eigenvalue weighted by Gasteiger charge is -2.25. The molecule has 1 atom stereocenters. The fraction of sp³-hybridized carbons (Fsp3) is 0.316. The van der Waals surface area contributed by atoms with Crippen molar-refractivity contribution in [2.75, 3.05) is 0 Å². The van der Waals surface area contributed by atoms with E-state index in [1.807, 2.05) is 42.6 Å². The van der Waals surface area contributed by atoms with Crippen LogP contribution in [0.4, 0.5) is 0 Å². The Morgan fingerprint density at radius 2 is 2.21 bits per heavy atom. The standard InChI is InChI=1S/C19H20N4O/c1-12-11-13(2)23-10-8-15(18(23)21-12)19(24)22-16-7-3-5-14-6-4-9-20-17(14)16/h4,6,8-11,16H,3,5,7H2,1-2H3,(H,22,24). The van der Waals surface area contributed by atoms with Gasteiger partial charge in [0.25, 0.3) is 5.91 Å². The van der Waals surface area contributed by atoms with Gasteiger partial charge in [0.05, 0.1) is 17.3 Å². The van der Waals surface area contributed by atoms with Crippen LogP contribution in [-0.4, -0.2) is 20.3 Å². The van der Waals surface area contributed by atoms with Crippen LogP contribution in [0.1, 0.15) is 51.9 Å². The highest BCUT2D eigenvalue weighted by Crippen LogP contribution is 2.28. The number of aryl methyl sites for hydroxylation is 3. The molecule has 0 radical (unpaired) electrons. The minimum absolute atomic E-state index is 0.0247. The Morgan fingerprint density at radius 3 is 3.08 bits per heavy atom. The van der Waals surface area contributed by atoms with Gasteiger partial charge in [0.1, 0.15) is 5.65 Å². The van der Waals surface area contributed by atoms with Gasteiger partial charge in [-0.3, -0.25) is 9.78 Å². The number of carbonyl (C=O) groups is 1. The van der Waals surface area contributed by atoms with Gasteiger partial charge in [-0.25, -0.2) is 4.98 Å². The SMILES string of the molecule is Cc1cc(C)n2ccc(C(=O)NC3CCCc4cccnc43)c2n1. The van der Waals surface area contributed by atoms with E-state index >= 15 is 0 Å². The molecule has 1 unspecified atom stereocenters. The quantitative estimate of drug-likeness (QED) is 0.789. The summed E-state index contributed by atoms with van der Waals surface area (Å²) in [6.07, 6.45) is 6.72. The number of nitrogens with zero attached hydrogens (tertiary/aromatic N) is 3. The number of fused-ring (bicyclic) bond motifs is 2. The fourth-order valence-electron chi connectivity index (χ4n) is 3.56. The van der Waals surface area contributed by atoms with E-state index in [4.69, 9.17) is 0 Å². The highest BCUT2D eigenvalue weighted by molar-refractivity contribution is 6.00. The van der Waals surface area contributed by atoms with E-state index in [9.17, 15) is 4.79 Å². The highest BCUT2D eigenvalue weighted by Gasteiger charge is 2.24. The minimum Gasteiger partial charge on any atom is -0.344 e. The number of hydrogen-bond acceptors (Lipinski definition) is 3. The van der Waals surface area contributed by atoms with Crippen molar-refractivity contribution in [1.82, 2.24) is 19.7 Å². The van der Waals surface area contributed by atoms with E-state index in [1.54, 1.807) is 6.20 Å². The van der Waals surface area contributed by atoms with Gasteiger partial charge in [0.15, 0.2) is 0 Å².